The van der Waals surface area contributed by atoms with Gasteiger partial charge in [0, 0.05) is 23.6 Å². The van der Waals surface area contributed by atoms with E-state index in [4.69, 9.17) is 10.8 Å². The molecule has 94 valence electrons. The predicted octanol–water partition coefficient (Wildman–Crippen LogP) is 1.68. The highest BCUT2D eigenvalue weighted by atomic mass is 16.4. The molecule has 0 amide bonds. The summed E-state index contributed by atoms with van der Waals surface area (Å²) in [6.07, 6.45) is 3.04. The Morgan fingerprint density at radius 1 is 1.32 bits per heavy atom. The molecule has 3 aromatic rings. The van der Waals surface area contributed by atoms with Gasteiger partial charge in [0.05, 0.1) is 5.69 Å². The molecule has 0 aliphatic rings. The molecular formula is C13H10N4O2. The number of nitrogens with zero attached hydrogens (tertiary/aromatic N) is 3. The number of carboxylic acids is 1. The molecule has 0 aliphatic heterocycles. The zero-order chi connectivity index (χ0) is 13.4. The second kappa shape index (κ2) is 4.09. The van der Waals surface area contributed by atoms with Crippen LogP contribution in [0.1, 0.15) is 10.5 Å². The summed E-state index contributed by atoms with van der Waals surface area (Å²) in [5, 5.41) is 8.97. The Hall–Kier alpha value is -2.89. The van der Waals surface area contributed by atoms with Crippen molar-refractivity contribution in [1.29, 1.82) is 0 Å². The lowest BCUT2D eigenvalue weighted by molar-refractivity contribution is 0.0691. The van der Waals surface area contributed by atoms with Crippen molar-refractivity contribution < 1.29 is 9.90 Å². The van der Waals surface area contributed by atoms with Crippen molar-refractivity contribution in [2.45, 2.75) is 0 Å². The molecule has 0 saturated carbocycles. The van der Waals surface area contributed by atoms with Crippen LogP contribution in [0.25, 0.3) is 17.0 Å². The number of benzene rings is 1. The molecule has 3 rings (SSSR count). The Labute approximate surface area is 108 Å². The van der Waals surface area contributed by atoms with Crippen molar-refractivity contribution in [3.63, 3.8) is 0 Å². The summed E-state index contributed by atoms with van der Waals surface area (Å²) in [5.74, 6) is -0.735. The van der Waals surface area contributed by atoms with Crippen molar-refractivity contribution >= 4 is 17.4 Å². The number of aromatic nitrogens is 3. The van der Waals surface area contributed by atoms with Crippen LogP contribution in [0.15, 0.2) is 42.7 Å². The van der Waals surface area contributed by atoms with E-state index in [1.54, 1.807) is 22.7 Å². The van der Waals surface area contributed by atoms with Crippen molar-refractivity contribution in [3.8, 4) is 11.3 Å². The van der Waals surface area contributed by atoms with Gasteiger partial charge in [-0.1, -0.05) is 12.1 Å². The second-order valence-electron chi connectivity index (χ2n) is 4.06. The van der Waals surface area contributed by atoms with Gasteiger partial charge in [-0.05, 0) is 18.2 Å². The van der Waals surface area contributed by atoms with E-state index in [1.807, 2.05) is 18.2 Å². The van der Waals surface area contributed by atoms with E-state index in [9.17, 15) is 4.79 Å². The molecule has 0 atom stereocenters. The number of imidazole rings is 1. The summed E-state index contributed by atoms with van der Waals surface area (Å²) in [6, 6.07) is 9.13. The van der Waals surface area contributed by atoms with Crippen LogP contribution in [-0.2, 0) is 0 Å². The summed E-state index contributed by atoms with van der Waals surface area (Å²) < 4.78 is 1.64. The molecule has 6 nitrogen and oxygen atoms in total. The van der Waals surface area contributed by atoms with Crippen LogP contribution in [0.5, 0.6) is 0 Å². The largest absolute Gasteiger partial charge is 0.476 e. The summed E-state index contributed by atoms with van der Waals surface area (Å²) in [7, 11) is 0. The normalized spacial score (nSPS) is 10.7. The van der Waals surface area contributed by atoms with Crippen LogP contribution >= 0.6 is 0 Å². The topological polar surface area (TPSA) is 93.5 Å². The monoisotopic (exact) mass is 254 g/mol. The van der Waals surface area contributed by atoms with E-state index < -0.39 is 5.97 Å². The first-order valence-corrected chi connectivity index (χ1v) is 5.58. The molecular weight excluding hydrogens is 244 g/mol. The number of nitrogens with two attached hydrogens (primary N) is 1. The molecule has 0 spiro atoms. The standard InChI is InChI=1S/C13H10N4O2/c14-9-3-1-2-8(6-9)11-4-5-15-13-16-10(12(18)19)7-17(11)13/h1-7H,14H2,(H,18,19). The highest BCUT2D eigenvalue weighted by molar-refractivity contribution is 5.86. The van der Waals surface area contributed by atoms with Crippen LogP contribution in [0, 0.1) is 0 Å². The van der Waals surface area contributed by atoms with Gasteiger partial charge >= 0.3 is 5.97 Å². The van der Waals surface area contributed by atoms with Crippen molar-refractivity contribution in [2.24, 2.45) is 0 Å². The minimum absolute atomic E-state index is 0.0381. The number of aromatic carboxylic acids is 1. The van der Waals surface area contributed by atoms with Crippen LogP contribution in [-0.4, -0.2) is 25.4 Å². The SMILES string of the molecule is Nc1cccc(-c2ccnc3nc(C(=O)O)cn23)c1. The molecule has 6 heteroatoms. The lowest BCUT2D eigenvalue weighted by Crippen LogP contribution is -1.95. The number of hydrogen-bond acceptors (Lipinski definition) is 4. The molecule has 19 heavy (non-hydrogen) atoms. The van der Waals surface area contributed by atoms with Gasteiger partial charge < -0.3 is 10.8 Å². The molecule has 2 aromatic heterocycles. The summed E-state index contributed by atoms with van der Waals surface area (Å²) in [4.78, 5) is 18.9. The minimum atomic E-state index is -1.08. The first-order chi connectivity index (χ1) is 9.15. The van der Waals surface area contributed by atoms with Gasteiger partial charge in [-0.3, -0.25) is 4.40 Å². The van der Waals surface area contributed by atoms with Gasteiger partial charge in [0.25, 0.3) is 0 Å². The lowest BCUT2D eigenvalue weighted by atomic mass is 10.1. The third kappa shape index (κ3) is 1.89. The molecule has 0 radical (unpaired) electrons. The Morgan fingerprint density at radius 2 is 2.16 bits per heavy atom. The van der Waals surface area contributed by atoms with E-state index >= 15 is 0 Å². The third-order valence-corrected chi connectivity index (χ3v) is 2.77. The number of nitrogen functional groups attached to an aromatic ring is 1. The Kier molecular flexibility index (Phi) is 2.42. The van der Waals surface area contributed by atoms with Gasteiger partial charge in [0.15, 0.2) is 5.69 Å². The van der Waals surface area contributed by atoms with Crippen molar-refractivity contribution in [3.05, 3.63) is 48.4 Å². The smallest absolute Gasteiger partial charge is 0.356 e. The maximum atomic E-state index is 10.9. The zero-order valence-corrected chi connectivity index (χ0v) is 9.82. The molecule has 2 heterocycles. The Morgan fingerprint density at radius 3 is 2.89 bits per heavy atom. The van der Waals surface area contributed by atoms with Gasteiger partial charge in [-0.25, -0.2) is 14.8 Å². The van der Waals surface area contributed by atoms with Crippen molar-refractivity contribution in [1.82, 2.24) is 14.4 Å². The summed E-state index contributed by atoms with van der Waals surface area (Å²) >= 11 is 0. The van der Waals surface area contributed by atoms with E-state index in [-0.39, 0.29) is 5.69 Å². The molecule has 0 fully saturated rings. The average Bonchev–Trinajstić information content (AvgIpc) is 2.82. The minimum Gasteiger partial charge on any atom is -0.476 e. The third-order valence-electron chi connectivity index (χ3n) is 2.77. The van der Waals surface area contributed by atoms with Crippen molar-refractivity contribution in [2.75, 3.05) is 5.73 Å². The fraction of sp³-hybridized carbons (Fsp3) is 0. The summed E-state index contributed by atoms with van der Waals surface area (Å²) in [6.45, 7) is 0. The Bertz CT molecular complexity index is 779. The predicted molar refractivity (Wildman–Crippen MR) is 69.8 cm³/mol. The number of carbonyl (C=O) groups is 1. The van der Waals surface area contributed by atoms with E-state index in [2.05, 4.69) is 9.97 Å². The number of anilines is 1. The van der Waals surface area contributed by atoms with Crippen LogP contribution in [0.4, 0.5) is 5.69 Å². The number of fused-ring (bicyclic) bond motifs is 1. The Balaban J connectivity index is 2.26. The second-order valence-corrected chi connectivity index (χ2v) is 4.06. The van der Waals surface area contributed by atoms with Gasteiger partial charge in [-0.15, -0.1) is 0 Å². The zero-order valence-electron chi connectivity index (χ0n) is 9.82. The lowest BCUT2D eigenvalue weighted by Gasteiger charge is -2.05. The average molecular weight is 254 g/mol. The number of rotatable bonds is 2. The van der Waals surface area contributed by atoms with E-state index in [0.717, 1.165) is 11.3 Å². The van der Waals surface area contributed by atoms with E-state index in [1.165, 1.54) is 6.20 Å². The van der Waals surface area contributed by atoms with Gasteiger partial charge in [-0.2, -0.15) is 0 Å². The summed E-state index contributed by atoms with van der Waals surface area (Å²) in [5.41, 5.74) is 8.03. The number of carboxylic acid groups (broad SMARTS) is 1. The van der Waals surface area contributed by atoms with Crippen LogP contribution in [0.3, 0.4) is 0 Å². The maximum Gasteiger partial charge on any atom is 0.356 e. The van der Waals surface area contributed by atoms with Crippen LogP contribution in [0.2, 0.25) is 0 Å². The van der Waals surface area contributed by atoms with Gasteiger partial charge in [0.1, 0.15) is 0 Å². The molecule has 3 N–H and O–H groups in total. The molecule has 0 bridgehead atoms. The first kappa shape index (κ1) is 11.2. The highest BCUT2D eigenvalue weighted by Crippen LogP contribution is 2.22. The molecule has 0 saturated heterocycles. The fourth-order valence-electron chi connectivity index (χ4n) is 1.93. The number of hydrogen-bond donors (Lipinski definition) is 2. The first-order valence-electron chi connectivity index (χ1n) is 5.58. The quantitative estimate of drug-likeness (QED) is 0.678. The van der Waals surface area contributed by atoms with E-state index in [0.29, 0.717) is 11.5 Å². The van der Waals surface area contributed by atoms with Crippen LogP contribution < -0.4 is 5.73 Å². The highest BCUT2D eigenvalue weighted by Gasteiger charge is 2.12. The van der Waals surface area contributed by atoms with Gasteiger partial charge in [0.2, 0.25) is 5.78 Å². The fourth-order valence-corrected chi connectivity index (χ4v) is 1.93. The molecule has 1 aromatic carbocycles. The molecule has 0 unspecified atom stereocenters. The molecule has 0 aliphatic carbocycles. The maximum absolute atomic E-state index is 10.9.